The Kier molecular flexibility index (Phi) is 6.08. The minimum atomic E-state index is -0.859. The number of aliphatic hydroxyl groups is 2. The highest BCUT2D eigenvalue weighted by molar-refractivity contribution is 6.33. The van der Waals surface area contributed by atoms with Gasteiger partial charge in [0, 0.05) is 12.2 Å². The van der Waals surface area contributed by atoms with Crippen LogP contribution in [0.1, 0.15) is 24.2 Å². The monoisotopic (exact) mass is 287 g/mol. The van der Waals surface area contributed by atoms with E-state index in [-0.39, 0.29) is 24.8 Å². The molecule has 1 unspecified atom stereocenters. The molecular weight excluding hydrogens is 270 g/mol. The van der Waals surface area contributed by atoms with Crippen LogP contribution in [0.15, 0.2) is 18.2 Å². The lowest BCUT2D eigenvalue weighted by Crippen LogP contribution is -2.23. The van der Waals surface area contributed by atoms with Crippen LogP contribution in [0.5, 0.6) is 0 Å². The largest absolute Gasteiger partial charge is 0.459 e. The van der Waals surface area contributed by atoms with Gasteiger partial charge in [-0.3, -0.25) is 0 Å². The first-order valence-corrected chi connectivity index (χ1v) is 6.35. The van der Waals surface area contributed by atoms with Crippen LogP contribution in [-0.2, 0) is 4.74 Å². The number of hydrogen-bond donors (Lipinski definition) is 3. The molecule has 0 fully saturated rings. The SMILES string of the molecule is CC(C)OC(=O)c1cc(NCC(O)CO)ccc1Cl. The molecule has 0 spiro atoms. The summed E-state index contributed by atoms with van der Waals surface area (Å²) in [5.41, 5.74) is 0.881. The molecule has 0 aliphatic rings. The minimum absolute atomic E-state index is 0.177. The number of benzene rings is 1. The normalized spacial score (nSPS) is 12.3. The predicted molar refractivity (Wildman–Crippen MR) is 73.6 cm³/mol. The summed E-state index contributed by atoms with van der Waals surface area (Å²) in [5.74, 6) is -0.494. The molecule has 106 valence electrons. The van der Waals surface area contributed by atoms with E-state index in [9.17, 15) is 9.90 Å². The number of esters is 1. The molecule has 0 amide bonds. The molecule has 0 aliphatic heterocycles. The van der Waals surface area contributed by atoms with Gasteiger partial charge in [0.2, 0.25) is 0 Å². The summed E-state index contributed by atoms with van der Waals surface area (Å²) >= 11 is 5.95. The lowest BCUT2D eigenvalue weighted by molar-refractivity contribution is 0.0378. The van der Waals surface area contributed by atoms with Crippen molar-refractivity contribution >= 4 is 23.3 Å². The summed E-state index contributed by atoms with van der Waals surface area (Å²) in [5, 5.41) is 21.2. The smallest absolute Gasteiger partial charge is 0.339 e. The van der Waals surface area contributed by atoms with Crippen molar-refractivity contribution < 1.29 is 19.7 Å². The summed E-state index contributed by atoms with van der Waals surface area (Å²) in [4.78, 5) is 11.8. The van der Waals surface area contributed by atoms with Crippen molar-refractivity contribution in [3.8, 4) is 0 Å². The van der Waals surface area contributed by atoms with Crippen molar-refractivity contribution in [1.29, 1.82) is 0 Å². The van der Waals surface area contributed by atoms with E-state index in [1.54, 1.807) is 32.0 Å². The number of ether oxygens (including phenoxy) is 1. The van der Waals surface area contributed by atoms with E-state index in [0.29, 0.717) is 10.7 Å². The summed E-state index contributed by atoms with van der Waals surface area (Å²) in [6, 6.07) is 4.81. The van der Waals surface area contributed by atoms with Crippen molar-refractivity contribution in [1.82, 2.24) is 0 Å². The van der Waals surface area contributed by atoms with Crippen LogP contribution in [0.3, 0.4) is 0 Å². The fourth-order valence-corrected chi connectivity index (χ4v) is 1.56. The average molecular weight is 288 g/mol. The predicted octanol–water partition coefficient (Wildman–Crippen LogP) is 1.67. The molecule has 0 radical (unpaired) electrons. The second-order valence-electron chi connectivity index (χ2n) is 4.37. The van der Waals surface area contributed by atoms with Gasteiger partial charge in [0.05, 0.1) is 29.4 Å². The fraction of sp³-hybridized carbons (Fsp3) is 0.462. The van der Waals surface area contributed by atoms with Gasteiger partial charge in [-0.1, -0.05) is 11.6 Å². The third-order valence-corrected chi connectivity index (χ3v) is 2.61. The molecule has 1 aromatic carbocycles. The molecule has 19 heavy (non-hydrogen) atoms. The summed E-state index contributed by atoms with van der Waals surface area (Å²) in [7, 11) is 0. The van der Waals surface area contributed by atoms with Crippen molar-refractivity contribution in [3.63, 3.8) is 0 Å². The highest BCUT2D eigenvalue weighted by atomic mass is 35.5. The molecule has 0 saturated heterocycles. The first kappa shape index (κ1) is 15.8. The Bertz CT molecular complexity index is 437. The van der Waals surface area contributed by atoms with Crippen molar-refractivity contribution in [2.45, 2.75) is 26.1 Å². The Labute approximate surface area is 117 Å². The maximum Gasteiger partial charge on any atom is 0.339 e. The van der Waals surface area contributed by atoms with Gasteiger partial charge >= 0.3 is 5.97 Å². The van der Waals surface area contributed by atoms with Crippen LogP contribution in [-0.4, -0.2) is 41.5 Å². The Morgan fingerprint density at radius 2 is 2.16 bits per heavy atom. The first-order valence-electron chi connectivity index (χ1n) is 5.97. The Morgan fingerprint density at radius 3 is 2.74 bits per heavy atom. The number of carbonyl (C=O) groups is 1. The van der Waals surface area contributed by atoms with Gasteiger partial charge in [-0.25, -0.2) is 4.79 Å². The van der Waals surface area contributed by atoms with E-state index in [1.165, 1.54) is 0 Å². The number of carbonyl (C=O) groups excluding carboxylic acids is 1. The van der Waals surface area contributed by atoms with E-state index < -0.39 is 12.1 Å². The number of aliphatic hydroxyl groups excluding tert-OH is 2. The maximum atomic E-state index is 11.8. The van der Waals surface area contributed by atoms with Gasteiger partial charge in [0.15, 0.2) is 0 Å². The average Bonchev–Trinajstić information content (AvgIpc) is 2.36. The molecule has 1 atom stereocenters. The van der Waals surface area contributed by atoms with E-state index >= 15 is 0 Å². The van der Waals surface area contributed by atoms with Gasteiger partial charge < -0.3 is 20.3 Å². The van der Waals surface area contributed by atoms with Crippen LogP contribution < -0.4 is 5.32 Å². The van der Waals surface area contributed by atoms with Gasteiger partial charge in [-0.15, -0.1) is 0 Å². The lowest BCUT2D eigenvalue weighted by atomic mass is 10.2. The third kappa shape index (κ3) is 5.06. The summed E-state index contributed by atoms with van der Waals surface area (Å²) < 4.78 is 5.08. The van der Waals surface area contributed by atoms with Crippen LogP contribution in [0.25, 0.3) is 0 Å². The number of hydrogen-bond acceptors (Lipinski definition) is 5. The van der Waals surface area contributed by atoms with Gasteiger partial charge in [0.1, 0.15) is 0 Å². The number of rotatable bonds is 6. The molecule has 5 nitrogen and oxygen atoms in total. The van der Waals surface area contributed by atoms with Crippen molar-refractivity contribution in [3.05, 3.63) is 28.8 Å². The quantitative estimate of drug-likeness (QED) is 0.694. The molecule has 3 N–H and O–H groups in total. The van der Waals surface area contributed by atoms with Gasteiger partial charge in [-0.05, 0) is 32.0 Å². The molecular formula is C13H18ClNO4. The molecule has 0 saturated carbocycles. The zero-order chi connectivity index (χ0) is 14.4. The Hall–Kier alpha value is -1.30. The van der Waals surface area contributed by atoms with E-state index in [0.717, 1.165) is 0 Å². The minimum Gasteiger partial charge on any atom is -0.459 e. The molecule has 1 aromatic rings. The summed E-state index contributed by atoms with van der Waals surface area (Å²) in [6.07, 6.45) is -1.09. The van der Waals surface area contributed by atoms with Gasteiger partial charge in [0.25, 0.3) is 0 Å². The lowest BCUT2D eigenvalue weighted by Gasteiger charge is -2.13. The van der Waals surface area contributed by atoms with Crippen molar-refractivity contribution in [2.75, 3.05) is 18.5 Å². The fourth-order valence-electron chi connectivity index (χ4n) is 1.37. The van der Waals surface area contributed by atoms with Crippen LogP contribution >= 0.6 is 11.6 Å². The second-order valence-corrected chi connectivity index (χ2v) is 4.77. The Balaban J connectivity index is 2.79. The third-order valence-electron chi connectivity index (χ3n) is 2.28. The highest BCUT2D eigenvalue weighted by Gasteiger charge is 2.14. The number of nitrogens with one attached hydrogen (secondary N) is 1. The number of anilines is 1. The standard InChI is InChI=1S/C13H18ClNO4/c1-8(2)19-13(18)11-5-9(3-4-12(11)14)15-6-10(17)7-16/h3-5,8,10,15-17H,6-7H2,1-2H3. The van der Waals surface area contributed by atoms with E-state index in [1.807, 2.05) is 0 Å². The first-order chi connectivity index (χ1) is 8.93. The Morgan fingerprint density at radius 1 is 1.47 bits per heavy atom. The molecule has 0 aromatic heterocycles. The molecule has 0 heterocycles. The second kappa shape index (κ2) is 7.33. The highest BCUT2D eigenvalue weighted by Crippen LogP contribution is 2.22. The van der Waals surface area contributed by atoms with E-state index in [2.05, 4.69) is 5.32 Å². The van der Waals surface area contributed by atoms with E-state index in [4.69, 9.17) is 21.4 Å². The zero-order valence-electron chi connectivity index (χ0n) is 10.9. The number of halogens is 1. The van der Waals surface area contributed by atoms with Crippen molar-refractivity contribution in [2.24, 2.45) is 0 Å². The molecule has 1 rings (SSSR count). The molecule has 0 bridgehead atoms. The van der Waals surface area contributed by atoms with Crippen LogP contribution in [0.2, 0.25) is 5.02 Å². The topological polar surface area (TPSA) is 78.8 Å². The maximum absolute atomic E-state index is 11.8. The van der Waals surface area contributed by atoms with Crippen LogP contribution in [0, 0.1) is 0 Å². The van der Waals surface area contributed by atoms with Crippen LogP contribution in [0.4, 0.5) is 5.69 Å². The van der Waals surface area contributed by atoms with Gasteiger partial charge in [-0.2, -0.15) is 0 Å². The molecule has 0 aliphatic carbocycles. The summed E-state index contributed by atoms with van der Waals surface area (Å²) in [6.45, 7) is 3.36. The zero-order valence-corrected chi connectivity index (χ0v) is 11.6. The molecule has 6 heteroatoms.